The molecule has 0 aliphatic carbocycles. The van der Waals surface area contributed by atoms with Crippen LogP contribution >= 0.6 is 0 Å². The lowest BCUT2D eigenvalue weighted by Gasteiger charge is -2.26. The van der Waals surface area contributed by atoms with Gasteiger partial charge in [-0.2, -0.15) is 0 Å². The zero-order valence-electron chi connectivity index (χ0n) is 11.5. The number of rotatable bonds is 6. The van der Waals surface area contributed by atoms with Crippen LogP contribution in [-0.4, -0.2) is 50.0 Å². The minimum Gasteiger partial charge on any atom is -0.494 e. The van der Waals surface area contributed by atoms with Crippen LogP contribution in [0.25, 0.3) is 0 Å². The van der Waals surface area contributed by atoms with E-state index in [0.29, 0.717) is 19.6 Å². The molecule has 1 aromatic rings. The van der Waals surface area contributed by atoms with E-state index in [2.05, 4.69) is 10.2 Å². The van der Waals surface area contributed by atoms with Crippen molar-refractivity contribution < 1.29 is 9.53 Å². The molecular formula is C15H22N2O2. The molecular weight excluding hydrogens is 240 g/mol. The van der Waals surface area contributed by atoms with Crippen molar-refractivity contribution in [3.8, 4) is 5.75 Å². The van der Waals surface area contributed by atoms with E-state index in [9.17, 15) is 4.79 Å². The molecule has 0 amide bonds. The summed E-state index contributed by atoms with van der Waals surface area (Å²) in [6.07, 6.45) is 0.510. The first-order valence-corrected chi connectivity index (χ1v) is 6.94. The maximum absolute atomic E-state index is 12.0. The molecule has 0 unspecified atom stereocenters. The standard InChI is InChI=1S/C15H22N2O2/c1-2-19-15-5-3-13(4-6-15)11-14(18)12-17-9-7-16-8-10-17/h3-6,16H,2,7-12H2,1H3. The number of carbonyl (C=O) groups excluding carboxylic acids is 1. The molecule has 0 spiro atoms. The van der Waals surface area contributed by atoms with Crippen LogP contribution in [0.5, 0.6) is 5.75 Å². The van der Waals surface area contributed by atoms with Gasteiger partial charge in [0.15, 0.2) is 5.78 Å². The first-order valence-electron chi connectivity index (χ1n) is 6.94. The smallest absolute Gasteiger partial charge is 0.151 e. The van der Waals surface area contributed by atoms with Gasteiger partial charge in [-0.15, -0.1) is 0 Å². The first-order chi connectivity index (χ1) is 9.28. The predicted molar refractivity (Wildman–Crippen MR) is 75.6 cm³/mol. The number of benzene rings is 1. The van der Waals surface area contributed by atoms with Crippen molar-refractivity contribution in [2.24, 2.45) is 0 Å². The van der Waals surface area contributed by atoms with Gasteiger partial charge >= 0.3 is 0 Å². The summed E-state index contributed by atoms with van der Waals surface area (Å²) in [5, 5.41) is 3.29. The number of ether oxygens (including phenoxy) is 1. The summed E-state index contributed by atoms with van der Waals surface area (Å²) in [5.41, 5.74) is 1.06. The number of nitrogens with one attached hydrogen (secondary N) is 1. The second-order valence-corrected chi connectivity index (χ2v) is 4.82. The minimum absolute atomic E-state index is 0.283. The summed E-state index contributed by atoms with van der Waals surface area (Å²) in [7, 11) is 0. The predicted octanol–water partition coefficient (Wildman–Crippen LogP) is 1.10. The van der Waals surface area contributed by atoms with Crippen molar-refractivity contribution in [2.45, 2.75) is 13.3 Å². The number of hydrogen-bond donors (Lipinski definition) is 1. The summed E-state index contributed by atoms with van der Waals surface area (Å²) >= 11 is 0. The Balaban J connectivity index is 1.80. The summed E-state index contributed by atoms with van der Waals surface area (Å²) in [6.45, 7) is 7.10. The Hall–Kier alpha value is -1.39. The number of carbonyl (C=O) groups is 1. The Morgan fingerprint density at radius 2 is 1.95 bits per heavy atom. The lowest BCUT2D eigenvalue weighted by molar-refractivity contribution is -0.119. The quantitative estimate of drug-likeness (QED) is 0.833. The van der Waals surface area contributed by atoms with Crippen molar-refractivity contribution in [1.29, 1.82) is 0 Å². The number of hydrogen-bond acceptors (Lipinski definition) is 4. The van der Waals surface area contributed by atoms with E-state index < -0.39 is 0 Å². The molecule has 4 heteroatoms. The molecule has 0 saturated carbocycles. The van der Waals surface area contributed by atoms with E-state index in [-0.39, 0.29) is 5.78 Å². The topological polar surface area (TPSA) is 41.6 Å². The van der Waals surface area contributed by atoms with Crippen LogP contribution in [0.15, 0.2) is 24.3 Å². The van der Waals surface area contributed by atoms with E-state index in [4.69, 9.17) is 4.74 Å². The Morgan fingerprint density at radius 3 is 2.58 bits per heavy atom. The number of nitrogens with zero attached hydrogens (tertiary/aromatic N) is 1. The largest absolute Gasteiger partial charge is 0.494 e. The van der Waals surface area contributed by atoms with Gasteiger partial charge in [-0.3, -0.25) is 9.69 Å². The van der Waals surface area contributed by atoms with Gasteiger partial charge in [-0.05, 0) is 24.6 Å². The summed E-state index contributed by atoms with van der Waals surface area (Å²) in [6, 6.07) is 7.80. The highest BCUT2D eigenvalue weighted by Crippen LogP contribution is 2.12. The van der Waals surface area contributed by atoms with Crippen molar-refractivity contribution in [3.05, 3.63) is 29.8 Å². The van der Waals surface area contributed by atoms with Gasteiger partial charge in [0.05, 0.1) is 13.2 Å². The molecule has 1 saturated heterocycles. The molecule has 1 heterocycles. The number of Topliss-reactive ketones (excluding diaryl/α,β-unsaturated/α-hetero) is 1. The number of piperazine rings is 1. The molecule has 1 aliphatic rings. The highest BCUT2D eigenvalue weighted by Gasteiger charge is 2.13. The zero-order valence-corrected chi connectivity index (χ0v) is 11.5. The molecule has 0 atom stereocenters. The fraction of sp³-hybridized carbons (Fsp3) is 0.533. The van der Waals surface area contributed by atoms with Gasteiger partial charge in [0.2, 0.25) is 0 Å². The first kappa shape index (κ1) is 14.0. The van der Waals surface area contributed by atoms with E-state index >= 15 is 0 Å². The third-order valence-corrected chi connectivity index (χ3v) is 3.25. The van der Waals surface area contributed by atoms with Crippen LogP contribution in [0.1, 0.15) is 12.5 Å². The molecule has 1 N–H and O–H groups in total. The van der Waals surface area contributed by atoms with Gasteiger partial charge in [-0.1, -0.05) is 12.1 Å². The Bertz CT molecular complexity index is 397. The Kier molecular flexibility index (Phi) is 5.36. The van der Waals surface area contributed by atoms with Crippen molar-refractivity contribution in [1.82, 2.24) is 10.2 Å². The maximum Gasteiger partial charge on any atom is 0.151 e. The van der Waals surface area contributed by atoms with Crippen molar-refractivity contribution in [2.75, 3.05) is 39.3 Å². The van der Waals surface area contributed by atoms with Gasteiger partial charge < -0.3 is 10.1 Å². The van der Waals surface area contributed by atoms with Crippen LogP contribution in [-0.2, 0) is 11.2 Å². The molecule has 1 aliphatic heterocycles. The summed E-state index contributed by atoms with van der Waals surface area (Å²) in [4.78, 5) is 14.2. The third kappa shape index (κ3) is 4.65. The second kappa shape index (κ2) is 7.26. The van der Waals surface area contributed by atoms with Gasteiger partial charge in [0.1, 0.15) is 5.75 Å². The molecule has 4 nitrogen and oxygen atoms in total. The van der Waals surface area contributed by atoms with Crippen molar-refractivity contribution >= 4 is 5.78 Å². The van der Waals surface area contributed by atoms with E-state index in [1.807, 2.05) is 31.2 Å². The highest BCUT2D eigenvalue weighted by molar-refractivity contribution is 5.82. The fourth-order valence-corrected chi connectivity index (χ4v) is 2.27. The van der Waals surface area contributed by atoms with E-state index in [1.165, 1.54) is 0 Å². The van der Waals surface area contributed by atoms with Crippen LogP contribution in [0.4, 0.5) is 0 Å². The minimum atomic E-state index is 0.283. The third-order valence-electron chi connectivity index (χ3n) is 3.25. The van der Waals surface area contributed by atoms with Gasteiger partial charge in [0, 0.05) is 32.6 Å². The molecule has 0 aromatic heterocycles. The van der Waals surface area contributed by atoms with Crippen LogP contribution in [0.3, 0.4) is 0 Å². The average molecular weight is 262 g/mol. The fourth-order valence-electron chi connectivity index (χ4n) is 2.27. The molecule has 0 radical (unpaired) electrons. The molecule has 19 heavy (non-hydrogen) atoms. The summed E-state index contributed by atoms with van der Waals surface area (Å²) < 4.78 is 5.39. The maximum atomic E-state index is 12.0. The Morgan fingerprint density at radius 1 is 1.26 bits per heavy atom. The lowest BCUT2D eigenvalue weighted by Crippen LogP contribution is -2.45. The zero-order chi connectivity index (χ0) is 13.5. The normalized spacial score (nSPS) is 16.3. The van der Waals surface area contributed by atoms with E-state index in [1.54, 1.807) is 0 Å². The van der Waals surface area contributed by atoms with Crippen LogP contribution in [0.2, 0.25) is 0 Å². The average Bonchev–Trinajstić information content (AvgIpc) is 2.42. The van der Waals surface area contributed by atoms with Crippen LogP contribution in [0, 0.1) is 0 Å². The molecule has 104 valence electrons. The lowest BCUT2D eigenvalue weighted by atomic mass is 10.1. The SMILES string of the molecule is CCOc1ccc(CC(=O)CN2CCNCC2)cc1. The van der Waals surface area contributed by atoms with Crippen LogP contribution < -0.4 is 10.1 Å². The molecule has 0 bridgehead atoms. The van der Waals surface area contributed by atoms with Crippen molar-refractivity contribution in [3.63, 3.8) is 0 Å². The molecule has 1 fully saturated rings. The monoisotopic (exact) mass is 262 g/mol. The van der Waals surface area contributed by atoms with E-state index in [0.717, 1.165) is 37.5 Å². The van der Waals surface area contributed by atoms with Gasteiger partial charge in [0.25, 0.3) is 0 Å². The summed E-state index contributed by atoms with van der Waals surface area (Å²) in [5.74, 6) is 1.15. The molecule has 2 rings (SSSR count). The Labute approximate surface area is 114 Å². The second-order valence-electron chi connectivity index (χ2n) is 4.82. The number of ketones is 1. The molecule has 1 aromatic carbocycles. The van der Waals surface area contributed by atoms with Gasteiger partial charge in [-0.25, -0.2) is 0 Å². The highest BCUT2D eigenvalue weighted by atomic mass is 16.5.